The average molecular weight is 270 g/mol. The highest BCUT2D eigenvalue weighted by molar-refractivity contribution is 5.74. The molecule has 0 radical (unpaired) electrons. The van der Waals surface area contributed by atoms with Gasteiger partial charge in [0.25, 0.3) is 0 Å². The number of rotatable bonds is 8. The van der Waals surface area contributed by atoms with E-state index in [0.717, 1.165) is 13.0 Å². The van der Waals surface area contributed by atoms with Gasteiger partial charge in [0.2, 0.25) is 0 Å². The summed E-state index contributed by atoms with van der Waals surface area (Å²) in [6.07, 6.45) is 4.60. The summed E-state index contributed by atoms with van der Waals surface area (Å²) in [4.78, 5) is 22.4. The SMILES string of the molecule is CC(C)C[C@H](CNC(=O)NCC1CCC1)CC(=O)O. The lowest BCUT2D eigenvalue weighted by atomic mass is 9.85. The Kier molecular flexibility index (Phi) is 6.67. The van der Waals surface area contributed by atoms with Crippen LogP contribution in [0.5, 0.6) is 0 Å². The topological polar surface area (TPSA) is 78.4 Å². The predicted molar refractivity (Wildman–Crippen MR) is 73.9 cm³/mol. The van der Waals surface area contributed by atoms with E-state index in [1.165, 1.54) is 19.3 Å². The zero-order valence-electron chi connectivity index (χ0n) is 11.9. The fourth-order valence-corrected chi connectivity index (χ4v) is 2.39. The maximum absolute atomic E-state index is 11.6. The molecule has 3 N–H and O–H groups in total. The molecule has 5 heteroatoms. The van der Waals surface area contributed by atoms with Crippen molar-refractivity contribution in [3.05, 3.63) is 0 Å². The summed E-state index contributed by atoms with van der Waals surface area (Å²) in [5.41, 5.74) is 0. The van der Waals surface area contributed by atoms with Crippen molar-refractivity contribution in [2.24, 2.45) is 17.8 Å². The van der Waals surface area contributed by atoms with E-state index in [0.29, 0.717) is 18.4 Å². The van der Waals surface area contributed by atoms with Gasteiger partial charge in [-0.1, -0.05) is 20.3 Å². The highest BCUT2D eigenvalue weighted by atomic mass is 16.4. The molecule has 0 aliphatic heterocycles. The molecule has 1 aliphatic rings. The number of carboxylic acid groups (broad SMARTS) is 1. The van der Waals surface area contributed by atoms with Crippen molar-refractivity contribution in [2.45, 2.75) is 46.0 Å². The molecule has 1 saturated carbocycles. The number of carbonyl (C=O) groups is 2. The zero-order valence-corrected chi connectivity index (χ0v) is 11.9. The molecule has 19 heavy (non-hydrogen) atoms. The predicted octanol–water partition coefficient (Wildman–Crippen LogP) is 2.22. The van der Waals surface area contributed by atoms with Gasteiger partial charge in [-0.05, 0) is 37.0 Å². The molecule has 1 atom stereocenters. The Morgan fingerprint density at radius 3 is 2.42 bits per heavy atom. The van der Waals surface area contributed by atoms with E-state index in [-0.39, 0.29) is 18.4 Å². The molecule has 0 spiro atoms. The van der Waals surface area contributed by atoms with Crippen molar-refractivity contribution >= 4 is 12.0 Å². The number of carboxylic acids is 1. The average Bonchev–Trinajstić information content (AvgIpc) is 2.22. The van der Waals surface area contributed by atoms with Crippen molar-refractivity contribution in [3.63, 3.8) is 0 Å². The van der Waals surface area contributed by atoms with E-state index < -0.39 is 5.97 Å². The molecular weight excluding hydrogens is 244 g/mol. The lowest BCUT2D eigenvalue weighted by Gasteiger charge is -2.25. The van der Waals surface area contributed by atoms with Crippen LogP contribution in [-0.4, -0.2) is 30.2 Å². The van der Waals surface area contributed by atoms with Crippen molar-refractivity contribution < 1.29 is 14.7 Å². The number of urea groups is 1. The number of hydrogen-bond donors (Lipinski definition) is 3. The molecule has 0 aromatic heterocycles. The van der Waals surface area contributed by atoms with Crippen LogP contribution in [0.2, 0.25) is 0 Å². The maximum atomic E-state index is 11.6. The van der Waals surface area contributed by atoms with Gasteiger partial charge in [0, 0.05) is 19.5 Å². The van der Waals surface area contributed by atoms with Gasteiger partial charge in [-0.15, -0.1) is 0 Å². The van der Waals surface area contributed by atoms with Gasteiger partial charge in [0.15, 0.2) is 0 Å². The lowest BCUT2D eigenvalue weighted by molar-refractivity contribution is -0.138. The second-order valence-electron chi connectivity index (χ2n) is 5.98. The van der Waals surface area contributed by atoms with Crippen molar-refractivity contribution in [1.82, 2.24) is 10.6 Å². The first-order valence-electron chi connectivity index (χ1n) is 7.20. The Balaban J connectivity index is 2.20. The standard InChI is InChI=1S/C14H26N2O3/c1-10(2)6-12(7-13(17)18)9-16-14(19)15-8-11-4-3-5-11/h10-12H,3-9H2,1-2H3,(H,17,18)(H2,15,16,19)/t12-/m0/s1. The van der Waals surface area contributed by atoms with Crippen LogP contribution in [0.4, 0.5) is 4.79 Å². The second kappa shape index (κ2) is 8.02. The van der Waals surface area contributed by atoms with E-state index in [1.54, 1.807) is 0 Å². The van der Waals surface area contributed by atoms with Crippen molar-refractivity contribution in [2.75, 3.05) is 13.1 Å². The largest absolute Gasteiger partial charge is 0.481 e. The third-order valence-corrected chi connectivity index (χ3v) is 3.60. The van der Waals surface area contributed by atoms with Crippen LogP contribution in [-0.2, 0) is 4.79 Å². The molecule has 1 aliphatic carbocycles. The van der Waals surface area contributed by atoms with Gasteiger partial charge in [-0.2, -0.15) is 0 Å². The number of carbonyl (C=O) groups excluding carboxylic acids is 1. The Bertz CT molecular complexity index is 301. The number of aliphatic carboxylic acids is 1. The highest BCUT2D eigenvalue weighted by Crippen LogP contribution is 2.25. The molecule has 0 aromatic carbocycles. The minimum atomic E-state index is -0.803. The van der Waals surface area contributed by atoms with Gasteiger partial charge in [0.1, 0.15) is 0 Å². The summed E-state index contributed by atoms with van der Waals surface area (Å²) < 4.78 is 0. The summed E-state index contributed by atoms with van der Waals surface area (Å²) in [6.45, 7) is 5.29. The third kappa shape index (κ3) is 7.03. The first-order chi connectivity index (χ1) is 8.97. The van der Waals surface area contributed by atoms with Crippen LogP contribution < -0.4 is 10.6 Å². The quantitative estimate of drug-likeness (QED) is 0.633. The second-order valence-corrected chi connectivity index (χ2v) is 5.98. The number of amides is 2. The van der Waals surface area contributed by atoms with Crippen molar-refractivity contribution in [3.8, 4) is 0 Å². The maximum Gasteiger partial charge on any atom is 0.314 e. The summed E-state index contributed by atoms with van der Waals surface area (Å²) in [7, 11) is 0. The first kappa shape index (κ1) is 15.8. The minimum Gasteiger partial charge on any atom is -0.481 e. The molecule has 1 rings (SSSR count). The minimum absolute atomic E-state index is 0.00644. The van der Waals surface area contributed by atoms with Crippen molar-refractivity contribution in [1.29, 1.82) is 0 Å². The van der Waals surface area contributed by atoms with E-state index in [2.05, 4.69) is 24.5 Å². The molecule has 0 unspecified atom stereocenters. The summed E-state index contributed by atoms with van der Waals surface area (Å²) in [6, 6.07) is -0.175. The van der Waals surface area contributed by atoms with Gasteiger partial charge in [-0.3, -0.25) is 4.79 Å². The fraction of sp³-hybridized carbons (Fsp3) is 0.857. The monoisotopic (exact) mass is 270 g/mol. The molecule has 0 bridgehead atoms. The van der Waals surface area contributed by atoms with Crippen LogP contribution in [0, 0.1) is 17.8 Å². The Morgan fingerprint density at radius 1 is 1.26 bits per heavy atom. The molecular formula is C14H26N2O3. The Labute approximate surface area is 115 Å². The van der Waals surface area contributed by atoms with Crippen LogP contribution in [0.25, 0.3) is 0 Å². The summed E-state index contributed by atoms with van der Waals surface area (Å²) in [5.74, 6) is 0.273. The molecule has 5 nitrogen and oxygen atoms in total. The van der Waals surface area contributed by atoms with Gasteiger partial charge >= 0.3 is 12.0 Å². The molecule has 110 valence electrons. The normalized spacial score (nSPS) is 16.8. The van der Waals surface area contributed by atoms with E-state index in [4.69, 9.17) is 5.11 Å². The van der Waals surface area contributed by atoms with Gasteiger partial charge in [-0.25, -0.2) is 4.79 Å². The Hall–Kier alpha value is -1.26. The molecule has 1 fully saturated rings. The smallest absolute Gasteiger partial charge is 0.314 e. The van der Waals surface area contributed by atoms with Crippen LogP contribution in [0.15, 0.2) is 0 Å². The van der Waals surface area contributed by atoms with E-state index in [9.17, 15) is 9.59 Å². The van der Waals surface area contributed by atoms with Crippen LogP contribution in [0.1, 0.15) is 46.0 Å². The van der Waals surface area contributed by atoms with E-state index in [1.807, 2.05) is 0 Å². The molecule has 0 aromatic rings. The Morgan fingerprint density at radius 2 is 1.95 bits per heavy atom. The highest BCUT2D eigenvalue weighted by Gasteiger charge is 2.19. The van der Waals surface area contributed by atoms with Crippen LogP contribution >= 0.6 is 0 Å². The van der Waals surface area contributed by atoms with Gasteiger partial charge in [0.05, 0.1) is 0 Å². The molecule has 0 heterocycles. The third-order valence-electron chi connectivity index (χ3n) is 3.60. The molecule has 0 saturated heterocycles. The number of nitrogens with one attached hydrogen (secondary N) is 2. The summed E-state index contributed by atoms with van der Waals surface area (Å²) in [5, 5.41) is 14.5. The summed E-state index contributed by atoms with van der Waals surface area (Å²) >= 11 is 0. The fourth-order valence-electron chi connectivity index (χ4n) is 2.39. The molecule has 2 amide bonds. The zero-order chi connectivity index (χ0) is 14.3. The van der Waals surface area contributed by atoms with Crippen LogP contribution in [0.3, 0.4) is 0 Å². The van der Waals surface area contributed by atoms with Gasteiger partial charge < -0.3 is 15.7 Å². The first-order valence-corrected chi connectivity index (χ1v) is 7.20. The van der Waals surface area contributed by atoms with E-state index >= 15 is 0 Å². The number of hydrogen-bond acceptors (Lipinski definition) is 2. The lowest BCUT2D eigenvalue weighted by Crippen LogP contribution is -2.41.